The molecule has 43 heavy (non-hydrogen) atoms. The quantitative estimate of drug-likeness (QED) is 0.129. The average molecular weight is 599 g/mol. The SMILES string of the molecule is C=CC(=C)COC(=O)NC(CC(=C)C=CC)C(=O)NC(CCCCNC(=O)OC(C)(C)C)C(=O)Nc1ccc(CO)cc1. The molecule has 0 spiro atoms. The van der Waals surface area contributed by atoms with E-state index < -0.39 is 41.7 Å². The van der Waals surface area contributed by atoms with Crippen LogP contribution in [-0.4, -0.2) is 59.9 Å². The number of alkyl carbamates (subject to hydrolysis) is 2. The third-order valence-corrected chi connectivity index (χ3v) is 5.78. The first kappa shape index (κ1) is 36.6. The normalized spacial score (nSPS) is 12.4. The van der Waals surface area contributed by atoms with E-state index in [9.17, 15) is 24.3 Å². The van der Waals surface area contributed by atoms with Crippen LogP contribution in [-0.2, 0) is 25.7 Å². The lowest BCUT2D eigenvalue weighted by atomic mass is 10.0. The molecule has 0 aliphatic carbocycles. The molecule has 1 aromatic carbocycles. The van der Waals surface area contributed by atoms with Gasteiger partial charge in [0.05, 0.1) is 6.61 Å². The zero-order chi connectivity index (χ0) is 32.4. The Morgan fingerprint density at radius 2 is 1.63 bits per heavy atom. The van der Waals surface area contributed by atoms with Crippen molar-refractivity contribution in [2.24, 2.45) is 0 Å². The molecule has 0 aliphatic heterocycles. The first-order chi connectivity index (χ1) is 20.3. The highest BCUT2D eigenvalue weighted by Gasteiger charge is 2.27. The lowest BCUT2D eigenvalue weighted by Crippen LogP contribution is -2.52. The van der Waals surface area contributed by atoms with Crippen LogP contribution in [0, 0.1) is 0 Å². The number of ether oxygens (including phenoxy) is 2. The van der Waals surface area contributed by atoms with Crippen molar-refractivity contribution in [3.05, 3.63) is 78.9 Å². The monoisotopic (exact) mass is 598 g/mol. The van der Waals surface area contributed by atoms with Gasteiger partial charge in [0, 0.05) is 18.7 Å². The number of amides is 4. The summed E-state index contributed by atoms with van der Waals surface area (Å²) in [7, 11) is 0. The third kappa shape index (κ3) is 16.0. The molecular weight excluding hydrogens is 552 g/mol. The van der Waals surface area contributed by atoms with Crippen molar-refractivity contribution in [2.75, 3.05) is 18.5 Å². The van der Waals surface area contributed by atoms with E-state index >= 15 is 0 Å². The highest BCUT2D eigenvalue weighted by atomic mass is 16.6. The van der Waals surface area contributed by atoms with Gasteiger partial charge in [-0.25, -0.2) is 9.59 Å². The van der Waals surface area contributed by atoms with Gasteiger partial charge in [-0.15, -0.1) is 0 Å². The average Bonchev–Trinajstić information content (AvgIpc) is 2.94. The van der Waals surface area contributed by atoms with Crippen LogP contribution in [0.2, 0.25) is 0 Å². The molecule has 0 bridgehead atoms. The molecule has 11 heteroatoms. The molecular formula is C32H46N4O7. The summed E-state index contributed by atoms with van der Waals surface area (Å²) in [5.41, 5.74) is 1.60. The summed E-state index contributed by atoms with van der Waals surface area (Å²) >= 11 is 0. The van der Waals surface area contributed by atoms with Crippen molar-refractivity contribution in [3.8, 4) is 0 Å². The Bertz CT molecular complexity index is 1150. The van der Waals surface area contributed by atoms with Crippen LogP contribution in [0.3, 0.4) is 0 Å². The van der Waals surface area contributed by atoms with Gasteiger partial charge >= 0.3 is 12.2 Å². The van der Waals surface area contributed by atoms with E-state index in [2.05, 4.69) is 41.0 Å². The molecule has 5 N–H and O–H groups in total. The van der Waals surface area contributed by atoms with Crippen LogP contribution in [0.25, 0.3) is 0 Å². The summed E-state index contributed by atoms with van der Waals surface area (Å²) in [6.45, 7) is 18.4. The van der Waals surface area contributed by atoms with Gasteiger partial charge in [-0.1, -0.05) is 55.7 Å². The van der Waals surface area contributed by atoms with Crippen molar-refractivity contribution >= 4 is 29.7 Å². The molecule has 0 saturated heterocycles. The summed E-state index contributed by atoms with van der Waals surface area (Å²) < 4.78 is 10.3. The van der Waals surface area contributed by atoms with E-state index in [1.165, 1.54) is 6.08 Å². The molecule has 0 radical (unpaired) electrons. The van der Waals surface area contributed by atoms with Gasteiger partial charge in [0.1, 0.15) is 24.3 Å². The molecule has 1 rings (SSSR count). The maximum Gasteiger partial charge on any atom is 0.408 e. The molecule has 1 aromatic rings. The van der Waals surface area contributed by atoms with Crippen molar-refractivity contribution in [2.45, 2.75) is 77.7 Å². The van der Waals surface area contributed by atoms with E-state index in [1.807, 2.05) is 0 Å². The molecule has 11 nitrogen and oxygen atoms in total. The zero-order valence-electron chi connectivity index (χ0n) is 25.7. The fourth-order valence-electron chi connectivity index (χ4n) is 3.62. The molecule has 0 aromatic heterocycles. The van der Waals surface area contributed by atoms with Gasteiger partial charge in [0.25, 0.3) is 0 Å². The number of hydrogen-bond acceptors (Lipinski definition) is 7. The van der Waals surface area contributed by atoms with Crippen LogP contribution in [0.4, 0.5) is 15.3 Å². The van der Waals surface area contributed by atoms with Crippen LogP contribution in [0.5, 0.6) is 0 Å². The smallest absolute Gasteiger partial charge is 0.408 e. The van der Waals surface area contributed by atoms with E-state index in [-0.39, 0.29) is 26.1 Å². The predicted molar refractivity (Wildman–Crippen MR) is 167 cm³/mol. The highest BCUT2D eigenvalue weighted by Crippen LogP contribution is 2.13. The van der Waals surface area contributed by atoms with Crippen LogP contribution in [0.1, 0.15) is 58.9 Å². The molecule has 2 atom stereocenters. The van der Waals surface area contributed by atoms with E-state index in [1.54, 1.807) is 64.1 Å². The van der Waals surface area contributed by atoms with Gasteiger partial charge in [-0.3, -0.25) is 9.59 Å². The van der Waals surface area contributed by atoms with Gasteiger partial charge in [-0.2, -0.15) is 0 Å². The van der Waals surface area contributed by atoms with E-state index in [4.69, 9.17) is 9.47 Å². The summed E-state index contributed by atoms with van der Waals surface area (Å²) in [5.74, 6) is -1.08. The zero-order valence-corrected chi connectivity index (χ0v) is 25.7. The molecule has 4 amide bonds. The number of allylic oxidation sites excluding steroid dienone is 2. The number of anilines is 1. The summed E-state index contributed by atoms with van der Waals surface area (Å²) in [5, 5.41) is 20.0. The number of aliphatic hydroxyl groups is 1. The van der Waals surface area contributed by atoms with Gasteiger partial charge in [0.15, 0.2) is 0 Å². The number of rotatable bonds is 17. The van der Waals surface area contributed by atoms with Crippen LogP contribution >= 0.6 is 0 Å². The molecule has 2 unspecified atom stereocenters. The van der Waals surface area contributed by atoms with Crippen LogP contribution in [0.15, 0.2) is 73.4 Å². The number of unbranched alkanes of at least 4 members (excludes halogenated alkanes) is 1. The lowest BCUT2D eigenvalue weighted by molar-refractivity contribution is -0.128. The van der Waals surface area contributed by atoms with Crippen LogP contribution < -0.4 is 21.3 Å². The Hall–Kier alpha value is -4.38. The first-order valence-electron chi connectivity index (χ1n) is 14.1. The number of benzene rings is 1. The topological polar surface area (TPSA) is 155 Å². The summed E-state index contributed by atoms with van der Waals surface area (Å²) in [4.78, 5) is 51.1. The number of carbonyl (C=O) groups is 4. The highest BCUT2D eigenvalue weighted by molar-refractivity contribution is 5.98. The minimum Gasteiger partial charge on any atom is -0.445 e. The number of carbonyl (C=O) groups excluding carboxylic acids is 4. The maximum absolute atomic E-state index is 13.4. The fraction of sp³-hybridized carbons (Fsp3) is 0.438. The largest absolute Gasteiger partial charge is 0.445 e. The second-order valence-corrected chi connectivity index (χ2v) is 10.8. The van der Waals surface area contributed by atoms with E-state index in [0.717, 1.165) is 0 Å². The minimum atomic E-state index is -1.08. The number of nitrogens with one attached hydrogen (secondary N) is 4. The molecule has 236 valence electrons. The Morgan fingerprint density at radius 3 is 2.21 bits per heavy atom. The Balaban J connectivity index is 3.00. The number of aliphatic hydroxyl groups excluding tert-OH is 1. The maximum atomic E-state index is 13.4. The Morgan fingerprint density at radius 1 is 0.953 bits per heavy atom. The van der Waals surface area contributed by atoms with Gasteiger partial charge in [0.2, 0.25) is 11.8 Å². The second-order valence-electron chi connectivity index (χ2n) is 10.8. The second kappa shape index (κ2) is 18.9. The third-order valence-electron chi connectivity index (χ3n) is 5.78. The molecule has 0 aliphatic rings. The predicted octanol–water partition coefficient (Wildman–Crippen LogP) is 4.66. The summed E-state index contributed by atoms with van der Waals surface area (Å²) in [6.07, 6.45) is 4.86. The lowest BCUT2D eigenvalue weighted by Gasteiger charge is -2.23. The molecule has 0 saturated carbocycles. The number of hydrogen-bond donors (Lipinski definition) is 5. The minimum absolute atomic E-state index is 0.0739. The van der Waals surface area contributed by atoms with Crippen molar-refractivity contribution < 1.29 is 33.8 Å². The van der Waals surface area contributed by atoms with Crippen molar-refractivity contribution in [1.29, 1.82) is 0 Å². The standard InChI is InChI=1S/C32H46N4O7/c1-8-12-23(4)19-27(36-31(41)42-21-22(3)9-2)29(39)35-26(13-10-11-18-33-30(40)43-32(5,6)7)28(38)34-25-16-14-24(20-37)15-17-25/h8-9,12,14-17,26-27,37H,2-4,10-11,13,18-21H2,1,5-7H3,(H,33,40)(H,34,38)(H,35,39)(H,36,41). The Labute approximate surface area is 254 Å². The Kier molecular flexibility index (Phi) is 16.1. The molecule has 0 heterocycles. The van der Waals surface area contributed by atoms with Gasteiger partial charge < -0.3 is 35.8 Å². The van der Waals surface area contributed by atoms with Crippen molar-refractivity contribution in [1.82, 2.24) is 16.0 Å². The van der Waals surface area contributed by atoms with Gasteiger partial charge in [-0.05, 0) is 70.2 Å². The summed E-state index contributed by atoms with van der Waals surface area (Å²) in [6, 6.07) is 4.58. The first-order valence-corrected chi connectivity index (χ1v) is 14.1. The molecule has 0 fully saturated rings. The van der Waals surface area contributed by atoms with Crippen molar-refractivity contribution in [3.63, 3.8) is 0 Å². The van der Waals surface area contributed by atoms with E-state index in [0.29, 0.717) is 41.8 Å². The fourth-order valence-corrected chi connectivity index (χ4v) is 3.62.